The molecule has 1 unspecified atom stereocenters. The highest BCUT2D eigenvalue weighted by atomic mass is 16.2. The van der Waals surface area contributed by atoms with Crippen LogP contribution < -0.4 is 5.73 Å². The van der Waals surface area contributed by atoms with Gasteiger partial charge in [0.05, 0.1) is 6.04 Å². The van der Waals surface area contributed by atoms with Crippen molar-refractivity contribution >= 4 is 5.91 Å². The van der Waals surface area contributed by atoms with E-state index in [1.54, 1.807) is 0 Å². The molecule has 1 fully saturated rings. The molecular weight excluding hydrogens is 250 g/mol. The van der Waals surface area contributed by atoms with Crippen LogP contribution in [-0.2, 0) is 11.2 Å². The molecule has 1 saturated heterocycles. The molecule has 4 nitrogen and oxygen atoms in total. The molecule has 0 spiro atoms. The van der Waals surface area contributed by atoms with Crippen molar-refractivity contribution < 1.29 is 4.79 Å². The zero-order valence-corrected chi connectivity index (χ0v) is 12.5. The Morgan fingerprint density at radius 3 is 2.80 bits per heavy atom. The van der Waals surface area contributed by atoms with Gasteiger partial charge in [0.1, 0.15) is 0 Å². The van der Waals surface area contributed by atoms with Gasteiger partial charge in [0.2, 0.25) is 5.91 Å². The van der Waals surface area contributed by atoms with Crippen molar-refractivity contribution in [3.05, 3.63) is 35.9 Å². The van der Waals surface area contributed by atoms with Gasteiger partial charge in [-0.2, -0.15) is 0 Å². The van der Waals surface area contributed by atoms with Crippen molar-refractivity contribution in [3.63, 3.8) is 0 Å². The van der Waals surface area contributed by atoms with E-state index in [4.69, 9.17) is 5.73 Å². The lowest BCUT2D eigenvalue weighted by Gasteiger charge is -2.36. The molecule has 1 aromatic carbocycles. The van der Waals surface area contributed by atoms with Crippen molar-refractivity contribution in [2.24, 2.45) is 5.73 Å². The summed E-state index contributed by atoms with van der Waals surface area (Å²) in [5.41, 5.74) is 7.20. The Morgan fingerprint density at radius 1 is 1.45 bits per heavy atom. The fourth-order valence-corrected chi connectivity index (χ4v) is 2.85. The number of likely N-dealkylation sites (N-methyl/N-ethyl adjacent to an activating group) is 2. The third-order valence-electron chi connectivity index (χ3n) is 4.11. The third-order valence-corrected chi connectivity index (χ3v) is 4.11. The molecule has 20 heavy (non-hydrogen) atoms. The second-order valence-corrected chi connectivity index (χ2v) is 5.80. The molecule has 4 heteroatoms. The minimum absolute atomic E-state index is 0.0501. The van der Waals surface area contributed by atoms with E-state index in [-0.39, 0.29) is 5.91 Å². The summed E-state index contributed by atoms with van der Waals surface area (Å²) in [6.45, 7) is 2.06. The van der Waals surface area contributed by atoms with Gasteiger partial charge in [-0.05, 0) is 38.4 Å². The topological polar surface area (TPSA) is 49.6 Å². The molecule has 0 radical (unpaired) electrons. The van der Waals surface area contributed by atoms with E-state index in [0.717, 1.165) is 31.5 Å². The summed E-state index contributed by atoms with van der Waals surface area (Å²) in [6, 6.07) is 9.81. The van der Waals surface area contributed by atoms with Crippen LogP contribution in [0.3, 0.4) is 0 Å². The smallest absolute Gasteiger partial charge is 0.239 e. The number of nitrogens with two attached hydrogens (primary N) is 1. The Morgan fingerprint density at radius 2 is 2.15 bits per heavy atom. The number of carbonyl (C=O) groups excluding carboxylic acids is 1. The molecular formula is C16H25N3O. The van der Waals surface area contributed by atoms with Crippen LogP contribution >= 0.6 is 0 Å². The predicted molar refractivity (Wildman–Crippen MR) is 81.4 cm³/mol. The number of benzene rings is 1. The maximum absolute atomic E-state index is 12.4. The Balaban J connectivity index is 1.92. The normalized spacial score (nSPS) is 21.4. The van der Waals surface area contributed by atoms with E-state index >= 15 is 0 Å². The zero-order valence-electron chi connectivity index (χ0n) is 12.5. The van der Waals surface area contributed by atoms with Gasteiger partial charge in [0.25, 0.3) is 0 Å². The summed E-state index contributed by atoms with van der Waals surface area (Å²) in [5, 5.41) is 0. The lowest BCUT2D eigenvalue weighted by atomic mass is 10.0. The van der Waals surface area contributed by atoms with E-state index in [1.807, 2.05) is 42.3 Å². The molecule has 2 atom stereocenters. The van der Waals surface area contributed by atoms with Gasteiger partial charge in [0.15, 0.2) is 0 Å². The van der Waals surface area contributed by atoms with Crippen molar-refractivity contribution in [2.45, 2.75) is 31.3 Å². The summed E-state index contributed by atoms with van der Waals surface area (Å²) in [6.07, 6.45) is 2.82. The van der Waals surface area contributed by atoms with Gasteiger partial charge in [-0.25, -0.2) is 0 Å². The number of hydrogen-bond acceptors (Lipinski definition) is 3. The largest absolute Gasteiger partial charge is 0.340 e. The molecule has 2 rings (SSSR count). The molecule has 0 aromatic heterocycles. The maximum Gasteiger partial charge on any atom is 0.239 e. The van der Waals surface area contributed by atoms with E-state index in [1.165, 1.54) is 0 Å². The SMILES string of the molecule is CN1CCCC(N(C)C(=O)[C@H](N)Cc2ccccc2)C1. The average molecular weight is 275 g/mol. The first-order valence-corrected chi connectivity index (χ1v) is 7.32. The van der Waals surface area contributed by atoms with Crippen LogP contribution in [0.4, 0.5) is 0 Å². The minimum atomic E-state index is -0.449. The van der Waals surface area contributed by atoms with E-state index in [0.29, 0.717) is 12.5 Å². The quantitative estimate of drug-likeness (QED) is 0.895. The molecule has 1 aliphatic heterocycles. The standard InChI is InChI=1S/C16H25N3O/c1-18-10-6-9-14(12-18)19(2)16(20)15(17)11-13-7-4-3-5-8-13/h3-5,7-8,14-15H,6,9-12,17H2,1-2H3/t14?,15-/m1/s1. The number of carbonyl (C=O) groups is 1. The average Bonchev–Trinajstić information content (AvgIpc) is 2.46. The zero-order chi connectivity index (χ0) is 14.5. The fraction of sp³-hybridized carbons (Fsp3) is 0.562. The number of hydrogen-bond donors (Lipinski definition) is 1. The van der Waals surface area contributed by atoms with Crippen LogP contribution in [0.5, 0.6) is 0 Å². The van der Waals surface area contributed by atoms with Gasteiger partial charge in [-0.1, -0.05) is 30.3 Å². The van der Waals surface area contributed by atoms with Crippen LogP contribution in [0.1, 0.15) is 18.4 Å². The monoisotopic (exact) mass is 275 g/mol. The number of piperidine rings is 1. The maximum atomic E-state index is 12.4. The van der Waals surface area contributed by atoms with E-state index in [9.17, 15) is 4.79 Å². The molecule has 110 valence electrons. The van der Waals surface area contributed by atoms with Gasteiger partial charge >= 0.3 is 0 Å². The summed E-state index contributed by atoms with van der Waals surface area (Å²) < 4.78 is 0. The van der Waals surface area contributed by atoms with Crippen molar-refractivity contribution in [2.75, 3.05) is 27.2 Å². The van der Waals surface area contributed by atoms with Crippen LogP contribution in [0.25, 0.3) is 0 Å². The second kappa shape index (κ2) is 6.86. The van der Waals surface area contributed by atoms with Crippen LogP contribution in [0.15, 0.2) is 30.3 Å². The lowest BCUT2D eigenvalue weighted by Crippen LogP contribution is -2.52. The third kappa shape index (κ3) is 3.81. The fourth-order valence-electron chi connectivity index (χ4n) is 2.85. The summed E-state index contributed by atoms with van der Waals surface area (Å²) in [5.74, 6) is 0.0501. The Hall–Kier alpha value is -1.39. The molecule has 1 aromatic rings. The van der Waals surface area contributed by atoms with Crippen molar-refractivity contribution in [1.82, 2.24) is 9.80 Å². The number of nitrogens with zero attached hydrogens (tertiary/aromatic N) is 2. The van der Waals surface area contributed by atoms with Crippen LogP contribution in [-0.4, -0.2) is 55.0 Å². The second-order valence-electron chi connectivity index (χ2n) is 5.80. The number of rotatable bonds is 4. The van der Waals surface area contributed by atoms with Crippen LogP contribution in [0, 0.1) is 0 Å². The first-order chi connectivity index (χ1) is 9.58. The first-order valence-electron chi connectivity index (χ1n) is 7.32. The molecule has 2 N–H and O–H groups in total. The van der Waals surface area contributed by atoms with Crippen molar-refractivity contribution in [1.29, 1.82) is 0 Å². The predicted octanol–water partition coefficient (Wildman–Crippen LogP) is 1.11. The van der Waals surface area contributed by atoms with Gasteiger partial charge in [-0.3, -0.25) is 4.79 Å². The van der Waals surface area contributed by atoms with E-state index in [2.05, 4.69) is 11.9 Å². The Kier molecular flexibility index (Phi) is 5.15. The molecule has 0 aliphatic carbocycles. The molecule has 1 heterocycles. The highest BCUT2D eigenvalue weighted by molar-refractivity contribution is 5.82. The lowest BCUT2D eigenvalue weighted by molar-refractivity contribution is -0.134. The van der Waals surface area contributed by atoms with Gasteiger partial charge < -0.3 is 15.5 Å². The molecule has 0 bridgehead atoms. The Bertz CT molecular complexity index is 435. The first kappa shape index (κ1) is 15.0. The van der Waals surface area contributed by atoms with Gasteiger partial charge in [-0.15, -0.1) is 0 Å². The Labute approximate surface area is 121 Å². The summed E-state index contributed by atoms with van der Waals surface area (Å²) >= 11 is 0. The molecule has 0 saturated carbocycles. The summed E-state index contributed by atoms with van der Waals surface area (Å²) in [7, 11) is 3.99. The van der Waals surface area contributed by atoms with Gasteiger partial charge in [0, 0.05) is 19.6 Å². The summed E-state index contributed by atoms with van der Waals surface area (Å²) in [4.78, 5) is 16.6. The highest BCUT2D eigenvalue weighted by Gasteiger charge is 2.27. The minimum Gasteiger partial charge on any atom is -0.340 e. The number of amides is 1. The number of likely N-dealkylation sites (tertiary alicyclic amines) is 1. The molecule has 1 amide bonds. The van der Waals surface area contributed by atoms with Crippen LogP contribution in [0.2, 0.25) is 0 Å². The van der Waals surface area contributed by atoms with Crippen molar-refractivity contribution in [3.8, 4) is 0 Å². The molecule has 1 aliphatic rings. The van der Waals surface area contributed by atoms with E-state index < -0.39 is 6.04 Å². The highest BCUT2D eigenvalue weighted by Crippen LogP contribution is 2.14.